The lowest BCUT2D eigenvalue weighted by molar-refractivity contribution is -0.0126. The molecule has 7 nitrogen and oxygen atoms in total. The van der Waals surface area contributed by atoms with Crippen LogP contribution in [0, 0.1) is 0 Å². The fourth-order valence-corrected chi connectivity index (χ4v) is 2.86. The maximum atomic E-state index is 11.6. The second kappa shape index (κ2) is 5.05. The molecule has 1 aliphatic rings. The molecule has 8 heteroatoms. The third-order valence-corrected chi connectivity index (χ3v) is 3.76. The fourth-order valence-electron chi connectivity index (χ4n) is 1.63. The fraction of sp³-hybridized carbons (Fsp3) is 0.556. The number of H-pyrrole nitrogens is 1. The topological polar surface area (TPSA) is 105 Å². The van der Waals surface area contributed by atoms with Crippen LogP contribution in [0.3, 0.4) is 0 Å². The van der Waals surface area contributed by atoms with Crippen molar-refractivity contribution in [3.8, 4) is 0 Å². The van der Waals surface area contributed by atoms with Gasteiger partial charge in [-0.1, -0.05) is 11.8 Å². The number of hydrogen-bond acceptors (Lipinski definition) is 6. The highest BCUT2D eigenvalue weighted by Gasteiger charge is 2.36. The predicted molar refractivity (Wildman–Crippen MR) is 60.8 cm³/mol. The molecule has 1 aromatic heterocycles. The molecule has 94 valence electrons. The highest BCUT2D eigenvalue weighted by Crippen LogP contribution is 2.39. The third kappa shape index (κ3) is 2.44. The summed E-state index contributed by atoms with van der Waals surface area (Å²) in [7, 11) is 0. The van der Waals surface area contributed by atoms with E-state index < -0.39 is 28.2 Å². The second-order valence-electron chi connectivity index (χ2n) is 3.51. The zero-order valence-corrected chi connectivity index (χ0v) is 9.59. The van der Waals surface area contributed by atoms with Gasteiger partial charge >= 0.3 is 5.69 Å². The lowest BCUT2D eigenvalue weighted by atomic mass is 10.3. The van der Waals surface area contributed by atoms with Gasteiger partial charge in [-0.05, 0) is 0 Å². The molecule has 0 aromatic carbocycles. The zero-order chi connectivity index (χ0) is 12.4. The summed E-state index contributed by atoms with van der Waals surface area (Å²) in [6.45, 7) is -0.463. The van der Waals surface area contributed by atoms with Crippen LogP contribution in [0.15, 0.2) is 21.9 Å². The van der Waals surface area contributed by atoms with Crippen LogP contribution >= 0.6 is 11.8 Å². The Balaban J connectivity index is 2.32. The Kier molecular flexibility index (Phi) is 3.67. The molecule has 3 N–H and O–H groups in total. The lowest BCUT2D eigenvalue weighted by Crippen LogP contribution is -2.34. The van der Waals surface area contributed by atoms with Crippen LogP contribution in [0.4, 0.5) is 0 Å². The summed E-state index contributed by atoms with van der Waals surface area (Å²) >= 11 is 1.23. The van der Waals surface area contributed by atoms with Crippen molar-refractivity contribution in [2.75, 3.05) is 13.2 Å². The number of rotatable bonds is 3. The number of thioether (sulfide) groups is 1. The number of nitrogens with zero attached hydrogens (tertiary/aromatic N) is 1. The van der Waals surface area contributed by atoms with Gasteiger partial charge in [0.2, 0.25) is 0 Å². The maximum absolute atomic E-state index is 11.6. The number of ether oxygens (including phenoxy) is 1. The van der Waals surface area contributed by atoms with E-state index >= 15 is 0 Å². The van der Waals surface area contributed by atoms with E-state index in [1.54, 1.807) is 0 Å². The van der Waals surface area contributed by atoms with Crippen LogP contribution in [0.2, 0.25) is 0 Å². The van der Waals surface area contributed by atoms with Crippen molar-refractivity contribution in [3.05, 3.63) is 33.1 Å². The molecule has 0 bridgehead atoms. The van der Waals surface area contributed by atoms with Gasteiger partial charge in [-0.2, -0.15) is 0 Å². The van der Waals surface area contributed by atoms with Crippen molar-refractivity contribution in [2.24, 2.45) is 0 Å². The van der Waals surface area contributed by atoms with Gasteiger partial charge in [0.05, 0.1) is 13.2 Å². The molecule has 0 aliphatic carbocycles. The summed E-state index contributed by atoms with van der Waals surface area (Å²) in [5.41, 5.74) is -1.51. The Hall–Kier alpha value is -1.09. The molecule has 2 heterocycles. The maximum Gasteiger partial charge on any atom is 0.329 e. The standard InChI is InChI=1S/C9H12N2O5S/c12-3-5-8(17-7(4-13)16-5)11-2-1-6(14)10-9(11)15/h1-2,5,7-8,12-13H,3-4H2,(H,10,14,15)/t5-,7-,8-/m0/s1. The van der Waals surface area contributed by atoms with Gasteiger partial charge in [0, 0.05) is 12.3 Å². The van der Waals surface area contributed by atoms with E-state index in [9.17, 15) is 9.59 Å². The molecule has 2 rings (SSSR count). The average Bonchev–Trinajstić information content (AvgIpc) is 2.72. The van der Waals surface area contributed by atoms with Crippen molar-refractivity contribution < 1.29 is 14.9 Å². The van der Waals surface area contributed by atoms with Crippen LogP contribution in [-0.2, 0) is 4.74 Å². The lowest BCUT2D eigenvalue weighted by Gasteiger charge is -2.16. The SMILES string of the molecule is O=c1ccn([C@H]2S[C@@H](CO)O[C@H]2CO)c(=O)[nH]1. The minimum atomic E-state index is -0.583. The molecule has 0 amide bonds. The molecule has 0 spiro atoms. The van der Waals surface area contributed by atoms with Crippen LogP contribution < -0.4 is 11.2 Å². The molecule has 1 aliphatic heterocycles. The predicted octanol–water partition coefficient (Wildman–Crippen LogP) is -1.52. The van der Waals surface area contributed by atoms with Crippen molar-refractivity contribution in [1.82, 2.24) is 9.55 Å². The first-order valence-corrected chi connectivity index (χ1v) is 5.94. The number of aliphatic hydroxyl groups is 2. The average molecular weight is 260 g/mol. The van der Waals surface area contributed by atoms with Crippen LogP contribution in [0.1, 0.15) is 5.37 Å². The van der Waals surface area contributed by atoms with E-state index in [0.29, 0.717) is 0 Å². The van der Waals surface area contributed by atoms with Crippen molar-refractivity contribution >= 4 is 11.8 Å². The molecular weight excluding hydrogens is 248 g/mol. The van der Waals surface area contributed by atoms with E-state index in [4.69, 9.17) is 14.9 Å². The number of aliphatic hydroxyl groups excluding tert-OH is 2. The molecule has 1 aromatic rings. The number of hydrogen-bond donors (Lipinski definition) is 3. The van der Waals surface area contributed by atoms with Gasteiger partial charge in [-0.3, -0.25) is 14.3 Å². The first-order valence-electron chi connectivity index (χ1n) is 5.00. The minimum absolute atomic E-state index is 0.199. The van der Waals surface area contributed by atoms with Gasteiger partial charge in [-0.15, -0.1) is 0 Å². The third-order valence-electron chi connectivity index (χ3n) is 2.39. The van der Waals surface area contributed by atoms with Gasteiger partial charge < -0.3 is 14.9 Å². The van der Waals surface area contributed by atoms with E-state index in [2.05, 4.69) is 4.98 Å². The first-order chi connectivity index (χ1) is 8.15. The smallest absolute Gasteiger partial charge is 0.329 e. The Morgan fingerprint density at radius 3 is 2.76 bits per heavy atom. The van der Waals surface area contributed by atoms with Crippen LogP contribution in [0.25, 0.3) is 0 Å². The Morgan fingerprint density at radius 2 is 2.18 bits per heavy atom. The quantitative estimate of drug-likeness (QED) is 0.609. The summed E-state index contributed by atoms with van der Waals surface area (Å²) in [6.07, 6.45) is 0.769. The number of nitrogens with one attached hydrogen (secondary N) is 1. The van der Waals surface area contributed by atoms with Crippen LogP contribution in [0.5, 0.6) is 0 Å². The van der Waals surface area contributed by atoms with Gasteiger partial charge in [0.15, 0.2) is 0 Å². The minimum Gasteiger partial charge on any atom is -0.394 e. The van der Waals surface area contributed by atoms with Crippen molar-refractivity contribution in [3.63, 3.8) is 0 Å². The molecule has 0 unspecified atom stereocenters. The molecule has 1 saturated heterocycles. The zero-order valence-electron chi connectivity index (χ0n) is 8.78. The van der Waals surface area contributed by atoms with Gasteiger partial charge in [-0.25, -0.2) is 4.79 Å². The largest absolute Gasteiger partial charge is 0.394 e. The summed E-state index contributed by atoms with van der Waals surface area (Å²) in [5.74, 6) is 0. The Labute approximate surface area is 100 Å². The van der Waals surface area contributed by atoms with E-state index in [1.807, 2.05) is 0 Å². The van der Waals surface area contributed by atoms with Crippen LogP contribution in [-0.4, -0.2) is 44.5 Å². The molecule has 0 radical (unpaired) electrons. The van der Waals surface area contributed by atoms with E-state index in [1.165, 1.54) is 28.6 Å². The normalized spacial score (nSPS) is 28.5. The number of aromatic nitrogens is 2. The summed E-state index contributed by atoms with van der Waals surface area (Å²) in [6, 6.07) is 1.22. The summed E-state index contributed by atoms with van der Waals surface area (Å²) in [4.78, 5) is 24.6. The summed E-state index contributed by atoms with van der Waals surface area (Å²) in [5, 5.41) is 17.7. The molecule has 1 fully saturated rings. The number of aromatic amines is 1. The first kappa shape index (κ1) is 12.4. The highest BCUT2D eigenvalue weighted by atomic mass is 32.2. The Morgan fingerprint density at radius 1 is 1.41 bits per heavy atom. The molecule has 0 saturated carbocycles. The molecular formula is C9H12N2O5S. The second-order valence-corrected chi connectivity index (χ2v) is 4.79. The molecule has 3 atom stereocenters. The van der Waals surface area contributed by atoms with Gasteiger partial charge in [0.25, 0.3) is 5.56 Å². The van der Waals surface area contributed by atoms with E-state index in [0.717, 1.165) is 0 Å². The van der Waals surface area contributed by atoms with Crippen molar-refractivity contribution in [1.29, 1.82) is 0 Å². The van der Waals surface area contributed by atoms with E-state index in [-0.39, 0.29) is 13.2 Å². The molecule has 17 heavy (non-hydrogen) atoms. The van der Waals surface area contributed by atoms with Crippen molar-refractivity contribution in [2.45, 2.75) is 16.9 Å². The highest BCUT2D eigenvalue weighted by molar-refractivity contribution is 8.00. The van der Waals surface area contributed by atoms with Gasteiger partial charge in [0.1, 0.15) is 16.9 Å². The monoisotopic (exact) mass is 260 g/mol. The Bertz CT molecular complexity index is 499. The summed E-state index contributed by atoms with van der Waals surface area (Å²) < 4.78 is 6.60.